The summed E-state index contributed by atoms with van der Waals surface area (Å²) in [6, 6.07) is -0.729. The fourth-order valence-electron chi connectivity index (χ4n) is 7.33. The van der Waals surface area contributed by atoms with E-state index in [1.54, 1.807) is 21.1 Å². The zero-order valence-electron chi connectivity index (χ0n) is 39.9. The van der Waals surface area contributed by atoms with E-state index in [1.165, 1.54) is 128 Å². The first-order valence-electron chi connectivity index (χ1n) is 25.0. The Bertz CT molecular complexity index is 1080. The minimum absolute atomic E-state index is 0.0341. The van der Waals surface area contributed by atoms with Crippen molar-refractivity contribution in [1.29, 1.82) is 0 Å². The molecule has 2 unspecified atom stereocenters. The van der Waals surface area contributed by atoms with Crippen LogP contribution in [0.3, 0.4) is 0 Å². The van der Waals surface area contributed by atoms with E-state index in [0.29, 0.717) is 12.8 Å². The summed E-state index contributed by atoms with van der Waals surface area (Å²) in [5.41, 5.74) is 0. The summed E-state index contributed by atoms with van der Waals surface area (Å²) in [6.07, 6.45) is 50.3. The van der Waals surface area contributed by atoms with Crippen molar-refractivity contribution >= 4 is 17.9 Å². The zero-order valence-corrected chi connectivity index (χ0v) is 39.9. The number of ether oxygens (including phenoxy) is 3. The van der Waals surface area contributed by atoms with E-state index < -0.39 is 18.1 Å². The van der Waals surface area contributed by atoms with E-state index in [0.717, 1.165) is 64.2 Å². The van der Waals surface area contributed by atoms with Gasteiger partial charge in [0.2, 0.25) is 0 Å². The van der Waals surface area contributed by atoms with Gasteiger partial charge < -0.3 is 28.6 Å². The lowest BCUT2D eigenvalue weighted by molar-refractivity contribution is -0.889. The van der Waals surface area contributed by atoms with E-state index in [9.17, 15) is 19.5 Å². The molecule has 350 valence electrons. The van der Waals surface area contributed by atoms with Crippen LogP contribution in [0, 0.1) is 0 Å². The van der Waals surface area contributed by atoms with Crippen molar-refractivity contribution in [3.05, 3.63) is 36.5 Å². The van der Waals surface area contributed by atoms with Crippen LogP contribution in [0.5, 0.6) is 0 Å². The zero-order chi connectivity index (χ0) is 44.2. The molecule has 0 radical (unpaired) electrons. The second-order valence-electron chi connectivity index (χ2n) is 18.0. The molecule has 0 bridgehead atoms. The fourth-order valence-corrected chi connectivity index (χ4v) is 7.33. The number of rotatable bonds is 45. The number of hydrogen-bond acceptors (Lipinski definition) is 7. The Morgan fingerprint density at radius 3 is 1.32 bits per heavy atom. The second-order valence-corrected chi connectivity index (χ2v) is 18.0. The van der Waals surface area contributed by atoms with Crippen LogP contribution >= 0.6 is 0 Å². The van der Waals surface area contributed by atoms with Crippen molar-refractivity contribution in [2.75, 3.05) is 41.0 Å². The summed E-state index contributed by atoms with van der Waals surface area (Å²) in [6.45, 7) is 4.65. The minimum atomic E-state index is -1.13. The topological polar surface area (TPSA) is 102 Å². The highest BCUT2D eigenvalue weighted by Gasteiger charge is 2.25. The molecule has 0 aromatic rings. The first-order valence-corrected chi connectivity index (χ1v) is 25.0. The summed E-state index contributed by atoms with van der Waals surface area (Å²) in [5.74, 6) is -1.76. The number of carbonyl (C=O) groups excluding carboxylic acids is 3. The summed E-state index contributed by atoms with van der Waals surface area (Å²) in [5, 5.41) is 11.6. The Hall–Kier alpha value is -2.45. The Morgan fingerprint density at radius 2 is 0.883 bits per heavy atom. The number of carboxylic acids is 1. The van der Waals surface area contributed by atoms with Crippen molar-refractivity contribution in [2.24, 2.45) is 0 Å². The van der Waals surface area contributed by atoms with Gasteiger partial charge in [0.15, 0.2) is 6.10 Å². The second kappa shape index (κ2) is 43.2. The van der Waals surface area contributed by atoms with Crippen molar-refractivity contribution in [2.45, 2.75) is 238 Å². The molecule has 0 saturated heterocycles. The van der Waals surface area contributed by atoms with E-state index in [2.05, 4.69) is 50.3 Å². The first-order chi connectivity index (χ1) is 29.1. The van der Waals surface area contributed by atoms with E-state index in [-0.39, 0.29) is 42.7 Å². The third kappa shape index (κ3) is 40.9. The smallest absolute Gasteiger partial charge is 0.306 e. The molecule has 0 amide bonds. The third-order valence-corrected chi connectivity index (χ3v) is 11.2. The SMILES string of the molecule is CCCCCCCCC/C=C/CCCCCC(=O)OCC(COCCC(C(=O)[O-])[N+](C)(C)C)OC(=O)CCCCCCCCC/C=C/C/C=C/CCCCCCCCCC. The number of allylic oxidation sites excluding steroid dienone is 6. The third-order valence-electron chi connectivity index (χ3n) is 11.2. The lowest BCUT2D eigenvalue weighted by atomic mass is 10.1. The number of likely N-dealkylation sites (N-methyl/N-ethyl adjacent to an activating group) is 1. The number of carboxylic acid groups (broad SMARTS) is 1. The monoisotopic (exact) mass is 846 g/mol. The largest absolute Gasteiger partial charge is 0.544 e. The molecule has 0 aliphatic carbocycles. The van der Waals surface area contributed by atoms with Crippen LogP contribution < -0.4 is 5.11 Å². The molecule has 2 atom stereocenters. The number of carbonyl (C=O) groups is 3. The average molecular weight is 846 g/mol. The molecule has 8 nitrogen and oxygen atoms in total. The summed E-state index contributed by atoms with van der Waals surface area (Å²) in [4.78, 5) is 36.9. The molecule has 0 aromatic heterocycles. The van der Waals surface area contributed by atoms with Gasteiger partial charge >= 0.3 is 11.9 Å². The average Bonchev–Trinajstić information content (AvgIpc) is 3.21. The number of esters is 2. The molecule has 0 aliphatic heterocycles. The lowest BCUT2D eigenvalue weighted by Gasteiger charge is -2.34. The quantitative estimate of drug-likeness (QED) is 0.0260. The Balaban J connectivity index is 4.27. The van der Waals surface area contributed by atoms with Gasteiger partial charge in [0, 0.05) is 19.3 Å². The standard InChI is InChI=1S/C52H95NO7/c1-6-8-10-12-14-16-18-20-22-23-24-25-26-27-28-29-31-33-35-37-39-41-43-51(55)60-48(46-58-45-44-49(52(56)57)53(3,4)5)47-59-50(54)42-40-38-36-34-32-30-21-19-17-15-13-11-9-7-2/h23-24,26-27,30,32,48-49H,6-22,25,28-29,31,33-47H2,1-5H3/b24-23+,27-26+,32-30+. The molecule has 8 heteroatoms. The predicted octanol–water partition coefficient (Wildman–Crippen LogP) is 12.9. The molecule has 0 N–H and O–H groups in total. The van der Waals surface area contributed by atoms with E-state index >= 15 is 0 Å². The van der Waals surface area contributed by atoms with Crippen molar-refractivity contribution in [1.82, 2.24) is 0 Å². The molecule has 0 saturated carbocycles. The summed E-state index contributed by atoms with van der Waals surface area (Å²) < 4.78 is 17.2. The molecule has 60 heavy (non-hydrogen) atoms. The highest BCUT2D eigenvalue weighted by Crippen LogP contribution is 2.14. The molecule has 0 rings (SSSR count). The van der Waals surface area contributed by atoms with Crippen LogP contribution in [0.25, 0.3) is 0 Å². The normalized spacial score (nSPS) is 13.2. The molecule has 0 heterocycles. The number of aliphatic carboxylic acids is 1. The van der Waals surface area contributed by atoms with Crippen molar-refractivity contribution in [3.8, 4) is 0 Å². The van der Waals surface area contributed by atoms with Gasteiger partial charge in [0.25, 0.3) is 0 Å². The van der Waals surface area contributed by atoms with Gasteiger partial charge in [-0.05, 0) is 70.6 Å². The maximum atomic E-state index is 12.8. The minimum Gasteiger partial charge on any atom is -0.544 e. The van der Waals surface area contributed by atoms with Gasteiger partial charge in [0.1, 0.15) is 12.6 Å². The summed E-state index contributed by atoms with van der Waals surface area (Å²) >= 11 is 0. The lowest BCUT2D eigenvalue weighted by Crippen LogP contribution is -2.55. The van der Waals surface area contributed by atoms with Crippen LogP contribution in [0.2, 0.25) is 0 Å². The number of unbranched alkanes of at least 4 members (excludes halogenated alkanes) is 25. The molecular weight excluding hydrogens is 751 g/mol. The Labute approximate surface area is 370 Å². The maximum Gasteiger partial charge on any atom is 0.306 e. The van der Waals surface area contributed by atoms with Gasteiger partial charge in [-0.25, -0.2) is 0 Å². The number of quaternary nitrogens is 1. The van der Waals surface area contributed by atoms with Gasteiger partial charge in [-0.3, -0.25) is 9.59 Å². The van der Waals surface area contributed by atoms with Gasteiger partial charge in [-0.1, -0.05) is 172 Å². The highest BCUT2D eigenvalue weighted by molar-refractivity contribution is 5.70. The van der Waals surface area contributed by atoms with Crippen molar-refractivity contribution in [3.63, 3.8) is 0 Å². The summed E-state index contributed by atoms with van der Waals surface area (Å²) in [7, 11) is 5.41. The molecule has 0 aliphatic rings. The number of nitrogens with zero attached hydrogens (tertiary/aromatic N) is 1. The van der Waals surface area contributed by atoms with E-state index in [4.69, 9.17) is 14.2 Å². The number of hydrogen-bond donors (Lipinski definition) is 0. The maximum absolute atomic E-state index is 12.8. The first kappa shape index (κ1) is 57.5. The fraction of sp³-hybridized carbons (Fsp3) is 0.827. The molecule has 0 fully saturated rings. The van der Waals surface area contributed by atoms with Gasteiger partial charge in [-0.2, -0.15) is 0 Å². The van der Waals surface area contributed by atoms with E-state index in [1.807, 2.05) is 0 Å². The Kier molecular flexibility index (Phi) is 41.4. The van der Waals surface area contributed by atoms with Gasteiger partial charge in [-0.15, -0.1) is 0 Å². The van der Waals surface area contributed by atoms with Gasteiger partial charge in [0.05, 0.1) is 40.3 Å². The highest BCUT2D eigenvalue weighted by atomic mass is 16.6. The van der Waals surface area contributed by atoms with Crippen LogP contribution in [-0.2, 0) is 28.6 Å². The Morgan fingerprint density at radius 1 is 0.500 bits per heavy atom. The van der Waals surface area contributed by atoms with Crippen LogP contribution in [0.1, 0.15) is 226 Å². The van der Waals surface area contributed by atoms with Crippen molar-refractivity contribution < 1.29 is 38.2 Å². The van der Waals surface area contributed by atoms with Crippen LogP contribution in [0.4, 0.5) is 0 Å². The molecule has 0 aromatic carbocycles. The van der Waals surface area contributed by atoms with Crippen LogP contribution in [0.15, 0.2) is 36.5 Å². The predicted molar refractivity (Wildman–Crippen MR) is 250 cm³/mol. The molecular formula is C52H95NO7. The van der Waals surface area contributed by atoms with Crippen LogP contribution in [-0.4, -0.2) is 75.5 Å². The molecule has 0 spiro atoms.